The average Bonchev–Trinajstić information content (AvgIpc) is 2.68. The van der Waals surface area contributed by atoms with E-state index in [2.05, 4.69) is 11.9 Å². The molecule has 0 saturated heterocycles. The highest BCUT2D eigenvalue weighted by atomic mass is 19.1. The number of halogens is 1. The van der Waals surface area contributed by atoms with Crippen molar-refractivity contribution in [1.82, 2.24) is 4.98 Å². The standard InChI is InChI=1S/C21H22FNO4/c1-3-5-6-9-13-12-15-19(24)14-10-7-8-11-16(14)27-20(15)23-18(13)17(22)21(25)26-4-2/h7-8,10-12,17H,3-6,9H2,1-2H3. The van der Waals surface area contributed by atoms with Crippen LogP contribution in [0.1, 0.15) is 50.5 Å². The van der Waals surface area contributed by atoms with E-state index in [4.69, 9.17) is 9.15 Å². The molecule has 5 nitrogen and oxygen atoms in total. The van der Waals surface area contributed by atoms with E-state index in [1.807, 2.05) is 0 Å². The smallest absolute Gasteiger partial charge is 0.347 e. The number of hydrogen-bond acceptors (Lipinski definition) is 5. The fraction of sp³-hybridized carbons (Fsp3) is 0.381. The highest BCUT2D eigenvalue weighted by molar-refractivity contribution is 5.89. The summed E-state index contributed by atoms with van der Waals surface area (Å²) in [5.41, 5.74) is 0.697. The number of unbranched alkanes of at least 4 members (excludes halogenated alkanes) is 2. The monoisotopic (exact) mass is 371 g/mol. The molecule has 0 aliphatic carbocycles. The number of rotatable bonds is 7. The van der Waals surface area contributed by atoms with Gasteiger partial charge in [-0.2, -0.15) is 0 Å². The summed E-state index contributed by atoms with van der Waals surface area (Å²) in [6.45, 7) is 3.76. The largest absolute Gasteiger partial charge is 0.464 e. The third kappa shape index (κ3) is 3.84. The lowest BCUT2D eigenvalue weighted by molar-refractivity contribution is -0.149. The lowest BCUT2D eigenvalue weighted by Crippen LogP contribution is -2.16. The first-order valence-electron chi connectivity index (χ1n) is 9.22. The Hall–Kier alpha value is -2.76. The molecule has 0 spiro atoms. The Morgan fingerprint density at radius 1 is 1.22 bits per heavy atom. The molecule has 6 heteroatoms. The maximum atomic E-state index is 14.8. The van der Waals surface area contributed by atoms with Crippen LogP contribution in [0, 0.1) is 0 Å². The van der Waals surface area contributed by atoms with E-state index in [1.165, 1.54) is 0 Å². The molecule has 1 unspecified atom stereocenters. The fourth-order valence-corrected chi connectivity index (χ4v) is 3.10. The van der Waals surface area contributed by atoms with Crippen molar-refractivity contribution in [3.63, 3.8) is 0 Å². The molecule has 1 aromatic carbocycles. The van der Waals surface area contributed by atoms with Gasteiger partial charge in [0.2, 0.25) is 17.3 Å². The molecule has 3 aromatic rings. The Labute approximate surface area is 156 Å². The summed E-state index contributed by atoms with van der Waals surface area (Å²) in [6.07, 6.45) is 1.28. The second kappa shape index (κ2) is 8.29. The third-order valence-corrected chi connectivity index (χ3v) is 4.47. The fourth-order valence-electron chi connectivity index (χ4n) is 3.10. The number of para-hydroxylation sites is 1. The van der Waals surface area contributed by atoms with Gasteiger partial charge in [0.15, 0.2) is 0 Å². The lowest BCUT2D eigenvalue weighted by Gasteiger charge is -2.13. The zero-order valence-electron chi connectivity index (χ0n) is 15.5. The number of carbonyl (C=O) groups excluding carboxylic acids is 1. The normalized spacial score (nSPS) is 12.4. The zero-order chi connectivity index (χ0) is 19.4. The van der Waals surface area contributed by atoms with Crippen LogP contribution in [0.5, 0.6) is 0 Å². The number of benzene rings is 1. The first-order valence-corrected chi connectivity index (χ1v) is 9.22. The predicted molar refractivity (Wildman–Crippen MR) is 101 cm³/mol. The molecule has 0 radical (unpaired) electrons. The van der Waals surface area contributed by atoms with Crippen LogP contribution in [0.15, 0.2) is 39.5 Å². The number of carbonyl (C=O) groups is 1. The molecule has 27 heavy (non-hydrogen) atoms. The van der Waals surface area contributed by atoms with E-state index >= 15 is 0 Å². The minimum atomic E-state index is -2.01. The van der Waals surface area contributed by atoms with Crippen LogP contribution in [0.25, 0.3) is 22.1 Å². The molecule has 0 fully saturated rings. The van der Waals surface area contributed by atoms with Gasteiger partial charge in [-0.1, -0.05) is 31.9 Å². The van der Waals surface area contributed by atoms with Crippen molar-refractivity contribution in [1.29, 1.82) is 0 Å². The molecule has 2 heterocycles. The molecule has 0 aliphatic rings. The van der Waals surface area contributed by atoms with Crippen LogP contribution in [0.2, 0.25) is 0 Å². The summed E-state index contributed by atoms with van der Waals surface area (Å²) in [5.74, 6) is -0.982. The quantitative estimate of drug-likeness (QED) is 0.344. The van der Waals surface area contributed by atoms with E-state index in [0.717, 1.165) is 19.3 Å². The number of hydrogen-bond donors (Lipinski definition) is 0. The average molecular weight is 371 g/mol. The maximum absolute atomic E-state index is 14.8. The Bertz CT molecular complexity index is 1030. The molecule has 3 rings (SSSR count). The lowest BCUT2D eigenvalue weighted by atomic mass is 10.0. The SMILES string of the molecule is CCCCCc1cc2c(=O)c3ccccc3oc2nc1C(F)C(=O)OCC. The molecule has 0 bridgehead atoms. The number of alkyl halides is 1. The molecule has 2 aromatic heterocycles. The number of esters is 1. The molecule has 0 saturated carbocycles. The Kier molecular flexibility index (Phi) is 5.84. The summed E-state index contributed by atoms with van der Waals surface area (Å²) >= 11 is 0. The van der Waals surface area contributed by atoms with Crippen molar-refractivity contribution >= 4 is 28.0 Å². The summed E-state index contributed by atoms with van der Waals surface area (Å²) in [6, 6.07) is 8.45. The van der Waals surface area contributed by atoms with E-state index in [0.29, 0.717) is 28.3 Å². The molecule has 0 N–H and O–H groups in total. The van der Waals surface area contributed by atoms with E-state index < -0.39 is 12.1 Å². The molecule has 0 aliphatic heterocycles. The third-order valence-electron chi connectivity index (χ3n) is 4.47. The first kappa shape index (κ1) is 19.0. The van der Waals surface area contributed by atoms with Gasteiger partial charge in [-0.25, -0.2) is 14.2 Å². The Morgan fingerprint density at radius 2 is 2.00 bits per heavy atom. The van der Waals surface area contributed by atoms with Crippen molar-refractivity contribution in [2.45, 2.75) is 45.7 Å². The van der Waals surface area contributed by atoms with Gasteiger partial charge < -0.3 is 9.15 Å². The van der Waals surface area contributed by atoms with E-state index in [-0.39, 0.29) is 23.4 Å². The summed E-state index contributed by atoms with van der Waals surface area (Å²) < 4.78 is 25.3. The van der Waals surface area contributed by atoms with Crippen LogP contribution in [0.3, 0.4) is 0 Å². The Morgan fingerprint density at radius 3 is 2.74 bits per heavy atom. The van der Waals surface area contributed by atoms with Gasteiger partial charge in [0.05, 0.1) is 23.1 Å². The van der Waals surface area contributed by atoms with Crippen molar-refractivity contribution in [2.24, 2.45) is 0 Å². The molecule has 1 atom stereocenters. The summed E-state index contributed by atoms with van der Waals surface area (Å²) in [5, 5.41) is 0.737. The number of fused-ring (bicyclic) bond motifs is 2. The topological polar surface area (TPSA) is 69.4 Å². The number of ether oxygens (including phenoxy) is 1. The van der Waals surface area contributed by atoms with E-state index in [9.17, 15) is 14.0 Å². The van der Waals surface area contributed by atoms with Gasteiger partial charge in [-0.05, 0) is 43.5 Å². The minimum Gasteiger partial charge on any atom is -0.464 e. The van der Waals surface area contributed by atoms with Crippen molar-refractivity contribution in [2.75, 3.05) is 6.61 Å². The summed E-state index contributed by atoms with van der Waals surface area (Å²) in [7, 11) is 0. The van der Waals surface area contributed by atoms with Crippen molar-refractivity contribution in [3.05, 3.63) is 51.8 Å². The van der Waals surface area contributed by atoms with Gasteiger partial charge >= 0.3 is 5.97 Å². The minimum absolute atomic E-state index is 0.0277. The van der Waals surface area contributed by atoms with Gasteiger partial charge in [0, 0.05) is 0 Å². The first-order chi connectivity index (χ1) is 13.1. The van der Waals surface area contributed by atoms with Gasteiger partial charge in [-0.3, -0.25) is 4.79 Å². The van der Waals surface area contributed by atoms with Crippen LogP contribution in [0.4, 0.5) is 4.39 Å². The van der Waals surface area contributed by atoms with Crippen LogP contribution in [-0.4, -0.2) is 17.6 Å². The maximum Gasteiger partial charge on any atom is 0.347 e. The molecule has 142 valence electrons. The van der Waals surface area contributed by atoms with Crippen molar-refractivity contribution < 1.29 is 18.3 Å². The predicted octanol–water partition coefficient (Wildman–Crippen LogP) is 4.65. The molecular weight excluding hydrogens is 349 g/mol. The van der Waals surface area contributed by atoms with Crippen molar-refractivity contribution in [3.8, 4) is 0 Å². The van der Waals surface area contributed by atoms with Gasteiger partial charge in [0.1, 0.15) is 5.58 Å². The number of aryl methyl sites for hydroxylation is 1. The van der Waals surface area contributed by atoms with Crippen LogP contribution >= 0.6 is 0 Å². The number of aromatic nitrogens is 1. The van der Waals surface area contributed by atoms with Gasteiger partial charge in [-0.15, -0.1) is 0 Å². The number of nitrogens with zero attached hydrogens (tertiary/aromatic N) is 1. The second-order valence-electron chi connectivity index (χ2n) is 6.38. The highest BCUT2D eigenvalue weighted by Crippen LogP contribution is 2.27. The molecular formula is C21H22FNO4. The number of pyridine rings is 1. The highest BCUT2D eigenvalue weighted by Gasteiger charge is 2.27. The van der Waals surface area contributed by atoms with E-state index in [1.54, 1.807) is 37.3 Å². The van der Waals surface area contributed by atoms with Crippen LogP contribution in [-0.2, 0) is 16.0 Å². The van der Waals surface area contributed by atoms with Gasteiger partial charge in [0.25, 0.3) is 0 Å². The summed E-state index contributed by atoms with van der Waals surface area (Å²) in [4.78, 5) is 28.9. The molecule has 0 amide bonds. The van der Waals surface area contributed by atoms with Crippen LogP contribution < -0.4 is 5.43 Å². The Balaban J connectivity index is 2.18. The zero-order valence-corrected chi connectivity index (χ0v) is 15.5. The second-order valence-corrected chi connectivity index (χ2v) is 6.38.